The number of carbonyl (C=O) groups is 1. The van der Waals surface area contributed by atoms with Crippen LogP contribution in [-0.2, 0) is 9.53 Å². The fourth-order valence-electron chi connectivity index (χ4n) is 1.04. The molecule has 2 nitrogen and oxygen atoms in total. The molecule has 0 amide bonds. The van der Waals surface area contributed by atoms with E-state index in [2.05, 4.69) is 22.9 Å². The highest BCUT2D eigenvalue weighted by molar-refractivity contribution is 9.10. The van der Waals surface area contributed by atoms with Gasteiger partial charge in [-0.15, -0.1) is 0 Å². The van der Waals surface area contributed by atoms with Crippen molar-refractivity contribution in [1.29, 1.82) is 0 Å². The number of ether oxygens (including phenoxy) is 1. The van der Waals surface area contributed by atoms with E-state index in [9.17, 15) is 4.79 Å². The summed E-state index contributed by atoms with van der Waals surface area (Å²) in [7, 11) is 0. The molecule has 0 radical (unpaired) electrons. The minimum atomic E-state index is -0.192. The number of rotatable bonds is 6. The quantitative estimate of drug-likeness (QED) is 0.535. The Balaban J connectivity index is 3.76. The number of hydrogen-bond acceptors (Lipinski definition) is 2. The summed E-state index contributed by atoms with van der Waals surface area (Å²) in [6, 6.07) is 0. The zero-order chi connectivity index (χ0) is 10.3. The minimum absolute atomic E-state index is 0.104. The first-order chi connectivity index (χ1) is 6.11. The zero-order valence-electron chi connectivity index (χ0n) is 8.68. The Morgan fingerprint density at radius 1 is 1.46 bits per heavy atom. The van der Waals surface area contributed by atoms with E-state index in [-0.39, 0.29) is 16.9 Å². The van der Waals surface area contributed by atoms with E-state index in [1.54, 1.807) is 6.92 Å². The van der Waals surface area contributed by atoms with Gasteiger partial charge >= 0.3 is 5.97 Å². The normalized spacial score (nSPS) is 15.1. The Morgan fingerprint density at radius 2 is 2.08 bits per heavy atom. The fraction of sp³-hybridized carbons (Fsp3) is 0.900. The van der Waals surface area contributed by atoms with Gasteiger partial charge in [0.2, 0.25) is 0 Å². The third kappa shape index (κ3) is 6.08. The van der Waals surface area contributed by atoms with Gasteiger partial charge in [-0.05, 0) is 19.8 Å². The molecule has 0 fully saturated rings. The van der Waals surface area contributed by atoms with E-state index in [0.29, 0.717) is 0 Å². The summed E-state index contributed by atoms with van der Waals surface area (Å²) in [4.78, 5) is 11.0. The third-order valence-electron chi connectivity index (χ3n) is 1.94. The SMILES string of the molecule is CCCCC(CC)OC(=O)C(C)Br. The van der Waals surface area contributed by atoms with Crippen molar-refractivity contribution in [2.75, 3.05) is 0 Å². The summed E-state index contributed by atoms with van der Waals surface area (Å²) in [6.45, 7) is 5.98. The molecule has 0 rings (SSSR count). The molecule has 0 spiro atoms. The highest BCUT2D eigenvalue weighted by Crippen LogP contribution is 2.11. The maximum atomic E-state index is 11.2. The number of unbranched alkanes of at least 4 members (excludes halogenated alkanes) is 1. The largest absolute Gasteiger partial charge is 0.462 e. The maximum Gasteiger partial charge on any atom is 0.319 e. The molecule has 0 aliphatic carbocycles. The Kier molecular flexibility index (Phi) is 7.33. The van der Waals surface area contributed by atoms with Crippen molar-refractivity contribution in [3.63, 3.8) is 0 Å². The average molecular weight is 251 g/mol. The lowest BCUT2D eigenvalue weighted by Crippen LogP contribution is -2.22. The molecule has 0 N–H and O–H groups in total. The highest BCUT2D eigenvalue weighted by Gasteiger charge is 2.15. The molecule has 0 bridgehead atoms. The van der Waals surface area contributed by atoms with Crippen LogP contribution in [0.2, 0.25) is 0 Å². The standard InChI is InChI=1S/C10H19BrO2/c1-4-6-7-9(5-2)13-10(12)8(3)11/h8-9H,4-7H2,1-3H3. The number of carbonyl (C=O) groups excluding carboxylic acids is 1. The molecule has 0 aromatic rings. The van der Waals surface area contributed by atoms with Gasteiger partial charge in [-0.1, -0.05) is 42.6 Å². The van der Waals surface area contributed by atoms with Crippen LogP contribution >= 0.6 is 15.9 Å². The molecule has 2 unspecified atom stereocenters. The highest BCUT2D eigenvalue weighted by atomic mass is 79.9. The van der Waals surface area contributed by atoms with Gasteiger partial charge in [0.25, 0.3) is 0 Å². The number of halogens is 1. The molecule has 2 atom stereocenters. The molecular weight excluding hydrogens is 232 g/mol. The molecule has 0 saturated heterocycles. The van der Waals surface area contributed by atoms with Crippen LogP contribution in [0.15, 0.2) is 0 Å². The van der Waals surface area contributed by atoms with Crippen molar-refractivity contribution < 1.29 is 9.53 Å². The van der Waals surface area contributed by atoms with Crippen LogP contribution in [-0.4, -0.2) is 16.9 Å². The van der Waals surface area contributed by atoms with Gasteiger partial charge in [-0.2, -0.15) is 0 Å². The predicted molar refractivity (Wildman–Crippen MR) is 58.1 cm³/mol. The first kappa shape index (κ1) is 12.9. The Bertz CT molecular complexity index is 146. The Labute approximate surface area is 89.2 Å². The van der Waals surface area contributed by atoms with Crippen molar-refractivity contribution in [2.45, 2.75) is 57.4 Å². The van der Waals surface area contributed by atoms with E-state index in [1.165, 1.54) is 0 Å². The third-order valence-corrected chi connectivity index (χ3v) is 2.32. The van der Waals surface area contributed by atoms with Crippen LogP contribution in [0.25, 0.3) is 0 Å². The van der Waals surface area contributed by atoms with Crippen LogP contribution in [0.3, 0.4) is 0 Å². The van der Waals surface area contributed by atoms with E-state index in [0.717, 1.165) is 25.7 Å². The van der Waals surface area contributed by atoms with Crippen molar-refractivity contribution in [2.24, 2.45) is 0 Å². The van der Waals surface area contributed by atoms with Crippen LogP contribution in [0.5, 0.6) is 0 Å². The smallest absolute Gasteiger partial charge is 0.319 e. The van der Waals surface area contributed by atoms with Gasteiger partial charge < -0.3 is 4.74 Å². The lowest BCUT2D eigenvalue weighted by Gasteiger charge is -2.16. The van der Waals surface area contributed by atoms with Gasteiger partial charge in [0.15, 0.2) is 0 Å². The molecule has 0 aliphatic heterocycles. The second kappa shape index (κ2) is 7.36. The Hall–Kier alpha value is -0.0500. The van der Waals surface area contributed by atoms with Crippen LogP contribution in [0.4, 0.5) is 0 Å². The Morgan fingerprint density at radius 3 is 2.46 bits per heavy atom. The molecule has 13 heavy (non-hydrogen) atoms. The van der Waals surface area contributed by atoms with E-state index in [1.807, 2.05) is 6.92 Å². The molecular formula is C10H19BrO2. The minimum Gasteiger partial charge on any atom is -0.462 e. The van der Waals surface area contributed by atoms with Crippen LogP contribution in [0, 0.1) is 0 Å². The average Bonchev–Trinajstić information content (AvgIpc) is 2.11. The molecule has 0 aliphatic rings. The second-order valence-corrected chi connectivity index (χ2v) is 4.60. The molecule has 3 heteroatoms. The van der Waals surface area contributed by atoms with Crippen LogP contribution < -0.4 is 0 Å². The van der Waals surface area contributed by atoms with E-state index >= 15 is 0 Å². The van der Waals surface area contributed by atoms with Gasteiger partial charge in [0.1, 0.15) is 10.9 Å². The summed E-state index contributed by atoms with van der Waals surface area (Å²) < 4.78 is 5.28. The predicted octanol–water partition coefficient (Wildman–Crippen LogP) is 3.28. The summed E-state index contributed by atoms with van der Waals surface area (Å²) >= 11 is 3.19. The van der Waals surface area contributed by atoms with Crippen LogP contribution in [0.1, 0.15) is 46.5 Å². The van der Waals surface area contributed by atoms with Gasteiger partial charge in [0, 0.05) is 0 Å². The van der Waals surface area contributed by atoms with Gasteiger partial charge in [0.05, 0.1) is 0 Å². The van der Waals surface area contributed by atoms with Crippen molar-refractivity contribution >= 4 is 21.9 Å². The first-order valence-corrected chi connectivity index (χ1v) is 5.87. The number of alkyl halides is 1. The van der Waals surface area contributed by atoms with E-state index in [4.69, 9.17) is 4.74 Å². The lowest BCUT2D eigenvalue weighted by atomic mass is 10.1. The summed E-state index contributed by atoms with van der Waals surface area (Å²) in [5.41, 5.74) is 0. The van der Waals surface area contributed by atoms with E-state index < -0.39 is 0 Å². The van der Waals surface area contributed by atoms with Gasteiger partial charge in [-0.25, -0.2) is 0 Å². The number of hydrogen-bond donors (Lipinski definition) is 0. The van der Waals surface area contributed by atoms with Crippen molar-refractivity contribution in [3.05, 3.63) is 0 Å². The summed E-state index contributed by atoms with van der Waals surface area (Å²) in [5.74, 6) is -0.150. The molecule has 0 aromatic carbocycles. The second-order valence-electron chi connectivity index (χ2n) is 3.23. The zero-order valence-corrected chi connectivity index (χ0v) is 10.3. The fourth-order valence-corrected chi connectivity index (χ4v) is 1.14. The first-order valence-electron chi connectivity index (χ1n) is 4.96. The number of esters is 1. The maximum absolute atomic E-state index is 11.2. The monoisotopic (exact) mass is 250 g/mol. The topological polar surface area (TPSA) is 26.3 Å². The molecule has 78 valence electrons. The van der Waals surface area contributed by atoms with Crippen molar-refractivity contribution in [1.82, 2.24) is 0 Å². The molecule has 0 aromatic heterocycles. The van der Waals surface area contributed by atoms with Crippen molar-refractivity contribution in [3.8, 4) is 0 Å². The lowest BCUT2D eigenvalue weighted by molar-refractivity contribution is -0.148. The molecule has 0 heterocycles. The summed E-state index contributed by atoms with van der Waals surface area (Å²) in [5, 5.41) is 0. The molecule has 0 saturated carbocycles. The van der Waals surface area contributed by atoms with Gasteiger partial charge in [-0.3, -0.25) is 4.79 Å². The summed E-state index contributed by atoms with van der Waals surface area (Å²) in [6.07, 6.45) is 4.28.